The molecule has 5 nitrogen and oxygen atoms in total. The second kappa shape index (κ2) is 7.85. The van der Waals surface area contributed by atoms with Crippen molar-refractivity contribution in [3.05, 3.63) is 70.9 Å². The first-order chi connectivity index (χ1) is 12.1. The van der Waals surface area contributed by atoms with E-state index in [4.69, 9.17) is 16.3 Å². The maximum atomic E-state index is 5.92. The van der Waals surface area contributed by atoms with Crippen LogP contribution in [0.25, 0.3) is 0 Å². The molecule has 0 spiro atoms. The Balaban J connectivity index is 1.74. The van der Waals surface area contributed by atoms with Crippen LogP contribution >= 0.6 is 11.6 Å². The third-order valence-corrected chi connectivity index (χ3v) is 3.85. The van der Waals surface area contributed by atoms with Crippen LogP contribution < -0.4 is 15.4 Å². The highest BCUT2D eigenvalue weighted by molar-refractivity contribution is 6.30. The van der Waals surface area contributed by atoms with Crippen molar-refractivity contribution in [2.75, 3.05) is 17.7 Å². The first-order valence-corrected chi connectivity index (χ1v) is 8.26. The summed E-state index contributed by atoms with van der Waals surface area (Å²) >= 11 is 5.92. The Kier molecular flexibility index (Phi) is 5.36. The number of ether oxygens (including phenoxy) is 1. The molecule has 3 rings (SSSR count). The molecule has 128 valence electrons. The smallest absolute Gasteiger partial charge is 0.225 e. The van der Waals surface area contributed by atoms with Gasteiger partial charge in [0.05, 0.1) is 7.11 Å². The standard InChI is InChI=1S/C19H19ClN4O/c1-13-11-18(23-16-9-7-15(20)8-10-16)24-19(22-13)21-12-14-5-3-4-6-17(14)25-2/h3-11H,12H2,1-2H3,(H2,21,22,23,24). The summed E-state index contributed by atoms with van der Waals surface area (Å²) in [6, 6.07) is 17.2. The number of aromatic nitrogens is 2. The third kappa shape index (κ3) is 4.61. The van der Waals surface area contributed by atoms with E-state index in [0.29, 0.717) is 17.5 Å². The molecule has 0 unspecified atom stereocenters. The maximum Gasteiger partial charge on any atom is 0.225 e. The summed E-state index contributed by atoms with van der Waals surface area (Å²) < 4.78 is 5.37. The summed E-state index contributed by atoms with van der Waals surface area (Å²) in [5.41, 5.74) is 2.83. The molecule has 6 heteroatoms. The van der Waals surface area contributed by atoms with Crippen LogP contribution in [-0.4, -0.2) is 17.1 Å². The van der Waals surface area contributed by atoms with Crippen molar-refractivity contribution in [3.63, 3.8) is 0 Å². The molecule has 0 aliphatic heterocycles. The average molecular weight is 355 g/mol. The maximum absolute atomic E-state index is 5.92. The molecule has 0 atom stereocenters. The van der Waals surface area contributed by atoms with E-state index in [1.165, 1.54) is 0 Å². The van der Waals surface area contributed by atoms with Gasteiger partial charge in [-0.25, -0.2) is 4.98 Å². The number of nitrogens with zero attached hydrogens (tertiary/aromatic N) is 2. The van der Waals surface area contributed by atoms with Gasteiger partial charge in [-0.2, -0.15) is 4.98 Å². The van der Waals surface area contributed by atoms with E-state index in [9.17, 15) is 0 Å². The Morgan fingerprint density at radius 1 is 1.04 bits per heavy atom. The molecule has 1 aromatic heterocycles. The lowest BCUT2D eigenvalue weighted by molar-refractivity contribution is 0.410. The van der Waals surface area contributed by atoms with Crippen molar-refractivity contribution < 1.29 is 4.74 Å². The molecule has 0 fully saturated rings. The molecule has 0 saturated carbocycles. The molecule has 1 heterocycles. The molecule has 0 saturated heterocycles. The fourth-order valence-electron chi connectivity index (χ4n) is 2.42. The molecule has 3 aromatic rings. The van der Waals surface area contributed by atoms with Crippen LogP contribution in [0, 0.1) is 6.92 Å². The van der Waals surface area contributed by atoms with E-state index in [0.717, 1.165) is 28.5 Å². The summed E-state index contributed by atoms with van der Waals surface area (Å²) in [7, 11) is 1.66. The summed E-state index contributed by atoms with van der Waals surface area (Å²) in [4.78, 5) is 8.95. The number of hydrogen-bond acceptors (Lipinski definition) is 5. The quantitative estimate of drug-likeness (QED) is 0.665. The minimum absolute atomic E-state index is 0.558. The van der Waals surface area contributed by atoms with Crippen LogP contribution in [0.5, 0.6) is 5.75 Å². The molecule has 0 bridgehead atoms. The lowest BCUT2D eigenvalue weighted by Crippen LogP contribution is -2.07. The molecule has 0 amide bonds. The van der Waals surface area contributed by atoms with Crippen LogP contribution in [0.1, 0.15) is 11.3 Å². The first-order valence-electron chi connectivity index (χ1n) is 7.88. The van der Waals surface area contributed by atoms with Gasteiger partial charge in [0.2, 0.25) is 5.95 Å². The Bertz CT molecular complexity index is 852. The Morgan fingerprint density at radius 2 is 1.80 bits per heavy atom. The molecule has 0 radical (unpaired) electrons. The van der Waals surface area contributed by atoms with Gasteiger partial charge in [0.15, 0.2) is 0 Å². The first kappa shape index (κ1) is 17.0. The van der Waals surface area contributed by atoms with Gasteiger partial charge in [-0.1, -0.05) is 29.8 Å². The highest BCUT2D eigenvalue weighted by Crippen LogP contribution is 2.21. The van der Waals surface area contributed by atoms with Crippen LogP contribution in [0.3, 0.4) is 0 Å². The number of para-hydroxylation sites is 1. The molecule has 0 aliphatic carbocycles. The van der Waals surface area contributed by atoms with Crippen molar-refractivity contribution in [3.8, 4) is 5.75 Å². The Hall–Kier alpha value is -2.79. The average Bonchev–Trinajstić information content (AvgIpc) is 2.62. The lowest BCUT2D eigenvalue weighted by Gasteiger charge is -2.12. The summed E-state index contributed by atoms with van der Waals surface area (Å²) in [5.74, 6) is 2.11. The highest BCUT2D eigenvalue weighted by atomic mass is 35.5. The fourth-order valence-corrected chi connectivity index (χ4v) is 2.54. The van der Waals surface area contributed by atoms with Gasteiger partial charge in [-0.15, -0.1) is 0 Å². The number of aryl methyl sites for hydroxylation is 1. The predicted molar refractivity (Wildman–Crippen MR) is 102 cm³/mol. The summed E-state index contributed by atoms with van der Waals surface area (Å²) in [5, 5.41) is 7.20. The van der Waals surface area contributed by atoms with E-state index in [2.05, 4.69) is 20.6 Å². The van der Waals surface area contributed by atoms with E-state index >= 15 is 0 Å². The number of halogens is 1. The van der Waals surface area contributed by atoms with Crippen LogP contribution in [0.2, 0.25) is 5.02 Å². The predicted octanol–water partition coefficient (Wildman–Crippen LogP) is 4.80. The number of anilines is 3. The molecular formula is C19H19ClN4O. The number of nitrogens with one attached hydrogen (secondary N) is 2. The zero-order valence-electron chi connectivity index (χ0n) is 14.1. The number of benzene rings is 2. The van der Waals surface area contributed by atoms with Gasteiger partial charge in [-0.3, -0.25) is 0 Å². The van der Waals surface area contributed by atoms with Crippen molar-refractivity contribution in [2.24, 2.45) is 0 Å². The molecular weight excluding hydrogens is 336 g/mol. The topological polar surface area (TPSA) is 59.1 Å². The Morgan fingerprint density at radius 3 is 2.56 bits per heavy atom. The van der Waals surface area contributed by atoms with Crippen molar-refractivity contribution in [2.45, 2.75) is 13.5 Å². The van der Waals surface area contributed by atoms with Crippen molar-refractivity contribution >= 4 is 29.1 Å². The van der Waals surface area contributed by atoms with Gasteiger partial charge in [-0.05, 0) is 37.3 Å². The number of rotatable bonds is 6. The van der Waals surface area contributed by atoms with Crippen molar-refractivity contribution in [1.29, 1.82) is 0 Å². The van der Waals surface area contributed by atoms with Gasteiger partial charge in [0, 0.05) is 34.6 Å². The monoisotopic (exact) mass is 354 g/mol. The zero-order chi connectivity index (χ0) is 17.6. The van der Waals surface area contributed by atoms with Crippen LogP contribution in [0.4, 0.5) is 17.5 Å². The van der Waals surface area contributed by atoms with Crippen LogP contribution in [0.15, 0.2) is 54.6 Å². The molecule has 2 N–H and O–H groups in total. The van der Waals surface area contributed by atoms with E-state index < -0.39 is 0 Å². The normalized spacial score (nSPS) is 10.4. The van der Waals surface area contributed by atoms with Crippen molar-refractivity contribution in [1.82, 2.24) is 9.97 Å². The lowest BCUT2D eigenvalue weighted by atomic mass is 10.2. The molecule has 25 heavy (non-hydrogen) atoms. The van der Waals surface area contributed by atoms with Gasteiger partial charge in [0.1, 0.15) is 11.6 Å². The minimum Gasteiger partial charge on any atom is -0.496 e. The van der Waals surface area contributed by atoms with Crippen LogP contribution in [-0.2, 0) is 6.54 Å². The minimum atomic E-state index is 0.558. The number of methoxy groups -OCH3 is 1. The van der Waals surface area contributed by atoms with Gasteiger partial charge >= 0.3 is 0 Å². The van der Waals surface area contributed by atoms with E-state index in [1.54, 1.807) is 7.11 Å². The van der Waals surface area contributed by atoms with Gasteiger partial charge < -0.3 is 15.4 Å². The fraction of sp³-hybridized carbons (Fsp3) is 0.158. The summed E-state index contributed by atoms with van der Waals surface area (Å²) in [6.45, 7) is 2.51. The second-order valence-corrected chi connectivity index (χ2v) is 5.95. The SMILES string of the molecule is COc1ccccc1CNc1nc(C)cc(Nc2ccc(Cl)cc2)n1. The highest BCUT2D eigenvalue weighted by Gasteiger charge is 2.05. The zero-order valence-corrected chi connectivity index (χ0v) is 14.8. The third-order valence-electron chi connectivity index (χ3n) is 3.60. The number of hydrogen-bond donors (Lipinski definition) is 2. The summed E-state index contributed by atoms with van der Waals surface area (Å²) in [6.07, 6.45) is 0. The van der Waals surface area contributed by atoms with E-state index in [1.807, 2.05) is 61.5 Å². The molecule has 2 aromatic carbocycles. The second-order valence-electron chi connectivity index (χ2n) is 5.52. The van der Waals surface area contributed by atoms with E-state index in [-0.39, 0.29) is 0 Å². The van der Waals surface area contributed by atoms with Gasteiger partial charge in [0.25, 0.3) is 0 Å². The largest absolute Gasteiger partial charge is 0.496 e. The molecule has 0 aliphatic rings. The Labute approximate surface area is 152 Å².